The Balaban J connectivity index is 5.03. The van der Waals surface area contributed by atoms with Crippen molar-refractivity contribution < 1.29 is 82.3 Å². The average Bonchev–Trinajstić information content (AvgIpc) is 3.32. The molecule has 0 aromatic heterocycles. The number of rotatable bonds is 48. The molecule has 424 valence electrons. The summed E-state index contributed by atoms with van der Waals surface area (Å²) in [5, 5.41) is 0. The van der Waals surface area contributed by atoms with Crippen LogP contribution in [-0.2, 0) is 38.0 Å². The predicted octanol–water partition coefficient (Wildman–Crippen LogP) is 15.7. The van der Waals surface area contributed by atoms with Crippen LogP contribution < -0.4 is 0 Å². The number of halogens is 9. The number of nitrogens with zero attached hydrogens (tertiary/aromatic N) is 1. The number of allylic oxidation sites excluding steroid dienone is 4. The highest BCUT2D eigenvalue weighted by atomic mass is 19.4. The second-order valence-electron chi connectivity index (χ2n) is 18.5. The van der Waals surface area contributed by atoms with Crippen LogP contribution in [0.1, 0.15) is 201 Å². The number of carbonyl (C=O) groups excluding carboxylic acids is 3. The van der Waals surface area contributed by atoms with Gasteiger partial charge in [-0.2, -0.15) is 30.7 Å². The maximum Gasteiger partial charge on any atom is 0.508 e. The highest BCUT2D eigenvalue weighted by molar-refractivity contribution is 5.69. The van der Waals surface area contributed by atoms with E-state index in [9.17, 15) is 53.9 Å². The molecule has 0 radical (unpaired) electrons. The second-order valence-corrected chi connectivity index (χ2v) is 18.5. The fourth-order valence-corrected chi connectivity index (χ4v) is 7.19. The first-order valence-electron chi connectivity index (χ1n) is 26.8. The lowest BCUT2D eigenvalue weighted by molar-refractivity contribution is -0.284. The molecule has 19 heteroatoms. The molecule has 0 spiro atoms. The van der Waals surface area contributed by atoms with E-state index in [4.69, 9.17) is 28.4 Å². The first-order valence-corrected chi connectivity index (χ1v) is 26.8. The van der Waals surface area contributed by atoms with Crippen LogP contribution in [0.2, 0.25) is 0 Å². The quantitative estimate of drug-likeness (QED) is 0.0146. The molecule has 0 fully saturated rings. The van der Waals surface area contributed by atoms with E-state index in [1.165, 1.54) is 19.3 Å². The van der Waals surface area contributed by atoms with Gasteiger partial charge in [0.2, 0.25) is 0 Å². The Hall–Kier alpha value is -3.06. The number of alkyl halides is 9. The third-order valence-electron chi connectivity index (χ3n) is 12.0. The molecule has 0 aliphatic heterocycles. The van der Waals surface area contributed by atoms with Gasteiger partial charge in [0, 0.05) is 52.4 Å². The van der Waals surface area contributed by atoms with Gasteiger partial charge in [-0.3, -0.25) is 9.59 Å². The Morgan fingerprint density at radius 2 is 0.972 bits per heavy atom. The van der Waals surface area contributed by atoms with Crippen LogP contribution in [0.5, 0.6) is 0 Å². The van der Waals surface area contributed by atoms with Crippen molar-refractivity contribution in [3.05, 3.63) is 24.3 Å². The molecule has 2 unspecified atom stereocenters. The Morgan fingerprint density at radius 3 is 1.50 bits per heavy atom. The second kappa shape index (κ2) is 42.2. The fraction of sp³-hybridized carbons (Fsp3) is 0.868. The van der Waals surface area contributed by atoms with Crippen molar-refractivity contribution in [2.24, 2.45) is 5.92 Å². The van der Waals surface area contributed by atoms with Crippen molar-refractivity contribution in [1.29, 1.82) is 0 Å². The van der Waals surface area contributed by atoms with Gasteiger partial charge < -0.3 is 33.3 Å². The zero-order valence-corrected chi connectivity index (χ0v) is 43.9. The van der Waals surface area contributed by atoms with Gasteiger partial charge in [-0.1, -0.05) is 103 Å². The molecule has 0 bridgehead atoms. The van der Waals surface area contributed by atoms with Gasteiger partial charge >= 0.3 is 42.0 Å². The monoisotopic (exact) mass is 1060 g/mol. The van der Waals surface area contributed by atoms with E-state index >= 15 is 0 Å². The largest absolute Gasteiger partial charge is 0.508 e. The van der Waals surface area contributed by atoms with E-state index in [0.717, 1.165) is 64.6 Å². The normalized spacial score (nSPS) is 13.6. The molecular weight excluding hydrogens is 966 g/mol. The summed E-state index contributed by atoms with van der Waals surface area (Å²) in [5.41, 5.74) is 0. The minimum atomic E-state index is -5.61. The smallest absolute Gasteiger partial charge is 0.465 e. The van der Waals surface area contributed by atoms with E-state index in [0.29, 0.717) is 57.8 Å². The number of ether oxygens (including phenoxy) is 6. The first kappa shape index (κ1) is 68.9. The summed E-state index contributed by atoms with van der Waals surface area (Å²) < 4.78 is 150. The van der Waals surface area contributed by atoms with Gasteiger partial charge in [0.15, 0.2) is 6.29 Å². The minimum absolute atomic E-state index is 0.00844. The molecule has 0 rings (SSSR count). The number of hydrogen-bond donors (Lipinski definition) is 0. The topological polar surface area (TPSA) is 110 Å². The lowest BCUT2D eigenvalue weighted by Gasteiger charge is -2.22. The minimum Gasteiger partial charge on any atom is -0.465 e. The van der Waals surface area contributed by atoms with E-state index in [2.05, 4.69) is 36.1 Å². The van der Waals surface area contributed by atoms with Crippen molar-refractivity contribution in [3.63, 3.8) is 0 Å². The number of carbonyl (C=O) groups is 3. The number of esters is 2. The van der Waals surface area contributed by atoms with Gasteiger partial charge in [-0.05, 0) is 103 Å². The molecule has 0 saturated heterocycles. The molecule has 72 heavy (non-hydrogen) atoms. The van der Waals surface area contributed by atoms with Crippen molar-refractivity contribution in [2.75, 3.05) is 59.3 Å². The van der Waals surface area contributed by atoms with E-state index in [1.807, 2.05) is 13.8 Å². The van der Waals surface area contributed by atoms with Gasteiger partial charge in [-0.15, -0.1) is 0 Å². The third-order valence-corrected chi connectivity index (χ3v) is 12.0. The van der Waals surface area contributed by atoms with Gasteiger partial charge in [0.1, 0.15) is 19.8 Å². The summed E-state index contributed by atoms with van der Waals surface area (Å²) in [4.78, 5) is 40.0. The molecule has 0 aromatic carbocycles. The summed E-state index contributed by atoms with van der Waals surface area (Å²) in [6, 6.07) is 0. The Labute approximate surface area is 425 Å². The molecule has 0 N–H and O–H groups in total. The van der Waals surface area contributed by atoms with Crippen molar-refractivity contribution >= 4 is 18.1 Å². The maximum absolute atomic E-state index is 13.6. The van der Waals surface area contributed by atoms with Gasteiger partial charge in [0.05, 0.1) is 12.5 Å². The van der Waals surface area contributed by atoms with Crippen LogP contribution in [0.25, 0.3) is 0 Å². The predicted molar refractivity (Wildman–Crippen MR) is 261 cm³/mol. The Kier molecular flexibility index (Phi) is 40.4. The van der Waals surface area contributed by atoms with E-state index < -0.39 is 67.1 Å². The molecular formula is C53H90F9NO9. The number of hydrogen-bond acceptors (Lipinski definition) is 10. The third kappa shape index (κ3) is 38.5. The van der Waals surface area contributed by atoms with Crippen LogP contribution in [0.3, 0.4) is 0 Å². The van der Waals surface area contributed by atoms with Crippen molar-refractivity contribution in [1.82, 2.24) is 4.90 Å². The fourth-order valence-electron chi connectivity index (χ4n) is 7.19. The van der Waals surface area contributed by atoms with Crippen LogP contribution in [-0.4, -0.2) is 113 Å². The average molecular weight is 1060 g/mol. The molecule has 0 aliphatic carbocycles. The zero-order chi connectivity index (χ0) is 54.0. The Bertz CT molecular complexity index is 1370. The molecule has 10 nitrogen and oxygen atoms in total. The standard InChI is InChI=1S/C53H90F9NO9/c1-5-8-9-10-11-12-13-14-15-16-17-18-19-20-25-33-46(64)70-42-45(44-72-49(66)69-41-32-38-63(6-2)7-3)43-71-47(65)34-26-27-35-48(67-39-30-23-21-28-36-51(56,57)50(4,54)55)68-40-31-24-22-29-37-52(58,59)53(60,61)62/h11-12,14-15,45,48H,5-10,13,16-44H2,1-4H3/b12-11-,15-14-. The molecule has 0 heterocycles. The number of unbranched alkanes of at least 4 members (excludes halogenated alkanes) is 15. The lowest BCUT2D eigenvalue weighted by Crippen LogP contribution is -2.37. The first-order chi connectivity index (χ1) is 34.2. The van der Waals surface area contributed by atoms with Crippen molar-refractivity contribution in [3.8, 4) is 0 Å². The molecule has 2 atom stereocenters. The molecule has 0 saturated carbocycles. The SMILES string of the molecule is CCCCC/C=C\C/C=C\CCCCCCCC(=O)OCC(COC(=O)CCCCC(OCCCCCCC(F)(F)C(C)(F)F)OCCCCCCC(F)(F)C(F)(F)F)COC(=O)OCCCN(CC)CC. The summed E-state index contributed by atoms with van der Waals surface area (Å²) in [6.45, 7) is 8.77. The van der Waals surface area contributed by atoms with E-state index in [-0.39, 0.29) is 85.1 Å². The van der Waals surface area contributed by atoms with Crippen LogP contribution in [0, 0.1) is 5.92 Å². The van der Waals surface area contributed by atoms with Crippen LogP contribution >= 0.6 is 0 Å². The molecule has 0 aliphatic rings. The summed E-state index contributed by atoms with van der Waals surface area (Å²) in [6.07, 6.45) is 14.2. The lowest BCUT2D eigenvalue weighted by atomic mass is 10.0. The van der Waals surface area contributed by atoms with Crippen LogP contribution in [0.4, 0.5) is 44.3 Å². The summed E-state index contributed by atoms with van der Waals surface area (Å²) in [5.74, 6) is -14.6. The van der Waals surface area contributed by atoms with Crippen molar-refractivity contribution in [2.45, 2.75) is 231 Å². The molecule has 0 aromatic rings. The highest BCUT2D eigenvalue weighted by Gasteiger charge is 2.56. The molecule has 0 amide bonds. The highest BCUT2D eigenvalue weighted by Crippen LogP contribution is 2.39. The maximum atomic E-state index is 13.6. The van der Waals surface area contributed by atoms with E-state index in [1.54, 1.807) is 0 Å². The summed E-state index contributed by atoms with van der Waals surface area (Å²) in [7, 11) is 0. The van der Waals surface area contributed by atoms with Gasteiger partial charge in [-0.25, -0.2) is 13.6 Å². The Morgan fingerprint density at radius 1 is 0.500 bits per heavy atom. The van der Waals surface area contributed by atoms with Crippen LogP contribution in [0.15, 0.2) is 24.3 Å². The zero-order valence-electron chi connectivity index (χ0n) is 43.9. The summed E-state index contributed by atoms with van der Waals surface area (Å²) >= 11 is 0. The van der Waals surface area contributed by atoms with Gasteiger partial charge in [0.25, 0.3) is 0 Å².